The van der Waals surface area contributed by atoms with E-state index in [4.69, 9.17) is 9.72 Å². The second kappa shape index (κ2) is 8.37. The van der Waals surface area contributed by atoms with Gasteiger partial charge in [0.15, 0.2) is 17.2 Å². The molecule has 1 aromatic carbocycles. The Kier molecular flexibility index (Phi) is 5.36. The quantitative estimate of drug-likeness (QED) is 0.466. The third-order valence-electron chi connectivity index (χ3n) is 5.91. The van der Waals surface area contributed by atoms with E-state index in [0.29, 0.717) is 35.9 Å². The number of carbonyl (C=O) groups is 1. The van der Waals surface area contributed by atoms with Crippen LogP contribution in [-0.4, -0.2) is 55.1 Å². The number of amides is 1. The molecule has 1 fully saturated rings. The van der Waals surface area contributed by atoms with Crippen LogP contribution in [0.5, 0.6) is 0 Å². The van der Waals surface area contributed by atoms with Crippen LogP contribution in [-0.2, 0) is 4.74 Å². The first kappa shape index (κ1) is 21.8. The molecule has 3 aromatic heterocycles. The van der Waals surface area contributed by atoms with Crippen molar-refractivity contribution in [3.05, 3.63) is 48.5 Å². The average Bonchev–Trinajstić information content (AvgIpc) is 3.45. The summed E-state index contributed by atoms with van der Waals surface area (Å²) in [5.74, 6) is 0.584. The zero-order valence-corrected chi connectivity index (χ0v) is 19.5. The number of para-hydroxylation sites is 1. The Bertz CT molecular complexity index is 1410. The summed E-state index contributed by atoms with van der Waals surface area (Å²) in [6.07, 6.45) is 6.75. The molecule has 9 nitrogen and oxygen atoms in total. The molecule has 4 heterocycles. The maximum Gasteiger partial charge on any atom is 0.410 e. The van der Waals surface area contributed by atoms with Crippen LogP contribution in [0.1, 0.15) is 39.3 Å². The number of nitrogens with one attached hydrogen (secondary N) is 2. The van der Waals surface area contributed by atoms with E-state index >= 15 is 0 Å². The van der Waals surface area contributed by atoms with Crippen LogP contribution in [0.4, 0.5) is 10.6 Å². The Morgan fingerprint density at radius 2 is 2.15 bits per heavy atom. The maximum absolute atomic E-state index is 12.6. The number of nitrogens with zero attached hydrogens (tertiary/aromatic N) is 5. The number of aromatic nitrogens is 4. The molecule has 174 valence electrons. The van der Waals surface area contributed by atoms with E-state index in [-0.39, 0.29) is 12.1 Å². The van der Waals surface area contributed by atoms with Gasteiger partial charge < -0.3 is 19.9 Å². The molecular weight excluding hydrogens is 430 g/mol. The van der Waals surface area contributed by atoms with Crippen molar-refractivity contribution in [2.24, 2.45) is 0 Å². The van der Waals surface area contributed by atoms with Crippen molar-refractivity contribution in [3.63, 3.8) is 0 Å². The Labute approximate surface area is 197 Å². The SMILES string of the molecule is CC(C)(C)OC(=O)N1CCC[C@H](Nc2nc(-c3c[nH]c4ccccc34)c(C#N)n3ccnc23)C1. The van der Waals surface area contributed by atoms with Gasteiger partial charge in [-0.25, -0.2) is 14.8 Å². The maximum atomic E-state index is 12.6. The highest BCUT2D eigenvalue weighted by atomic mass is 16.6. The van der Waals surface area contributed by atoms with Crippen LogP contribution in [0.25, 0.3) is 27.8 Å². The van der Waals surface area contributed by atoms with Gasteiger partial charge >= 0.3 is 6.09 Å². The summed E-state index contributed by atoms with van der Waals surface area (Å²) in [6, 6.07) is 10.2. The zero-order chi connectivity index (χ0) is 23.9. The number of H-pyrrole nitrogens is 1. The van der Waals surface area contributed by atoms with E-state index in [2.05, 4.69) is 21.4 Å². The van der Waals surface area contributed by atoms with Gasteiger partial charge in [0.1, 0.15) is 17.4 Å². The lowest BCUT2D eigenvalue weighted by Crippen LogP contribution is -2.47. The van der Waals surface area contributed by atoms with Crippen molar-refractivity contribution in [2.75, 3.05) is 18.4 Å². The van der Waals surface area contributed by atoms with Crippen molar-refractivity contribution < 1.29 is 9.53 Å². The Morgan fingerprint density at radius 1 is 1.32 bits per heavy atom. The molecule has 0 unspecified atom stereocenters. The third kappa shape index (κ3) is 4.03. The molecule has 0 bridgehead atoms. The van der Waals surface area contributed by atoms with E-state index in [1.54, 1.807) is 21.7 Å². The highest BCUT2D eigenvalue weighted by Crippen LogP contribution is 2.32. The number of ether oxygens (including phenoxy) is 1. The van der Waals surface area contributed by atoms with Crippen LogP contribution in [0, 0.1) is 11.3 Å². The minimum absolute atomic E-state index is 0.0157. The summed E-state index contributed by atoms with van der Waals surface area (Å²) >= 11 is 0. The van der Waals surface area contributed by atoms with Crippen molar-refractivity contribution in [1.82, 2.24) is 24.3 Å². The molecule has 34 heavy (non-hydrogen) atoms. The van der Waals surface area contributed by atoms with Gasteiger partial charge in [-0.05, 0) is 39.7 Å². The van der Waals surface area contributed by atoms with Crippen LogP contribution < -0.4 is 5.32 Å². The number of benzene rings is 1. The van der Waals surface area contributed by atoms with E-state index in [1.165, 1.54) is 0 Å². The summed E-state index contributed by atoms with van der Waals surface area (Å²) in [5, 5.41) is 14.5. The molecule has 0 saturated carbocycles. The van der Waals surface area contributed by atoms with E-state index in [1.807, 2.05) is 51.2 Å². The van der Waals surface area contributed by atoms with E-state index < -0.39 is 5.60 Å². The van der Waals surface area contributed by atoms with Gasteiger partial charge in [0.2, 0.25) is 0 Å². The topological polar surface area (TPSA) is 111 Å². The fourth-order valence-corrected chi connectivity index (χ4v) is 4.43. The average molecular weight is 458 g/mol. The first-order chi connectivity index (χ1) is 16.3. The summed E-state index contributed by atoms with van der Waals surface area (Å²) in [7, 11) is 0. The summed E-state index contributed by atoms with van der Waals surface area (Å²) < 4.78 is 7.33. The van der Waals surface area contributed by atoms with Gasteiger partial charge in [0.25, 0.3) is 0 Å². The molecule has 1 saturated heterocycles. The Balaban J connectivity index is 1.50. The number of aromatic amines is 1. The van der Waals surface area contributed by atoms with E-state index in [9.17, 15) is 10.1 Å². The lowest BCUT2D eigenvalue weighted by Gasteiger charge is -2.34. The van der Waals surface area contributed by atoms with Gasteiger partial charge in [-0.3, -0.25) is 4.40 Å². The van der Waals surface area contributed by atoms with Crippen LogP contribution in [0.15, 0.2) is 42.9 Å². The van der Waals surface area contributed by atoms with Gasteiger partial charge in [0, 0.05) is 54.2 Å². The number of carbonyl (C=O) groups excluding carboxylic acids is 1. The largest absolute Gasteiger partial charge is 0.444 e. The van der Waals surface area contributed by atoms with Gasteiger partial charge in [-0.15, -0.1) is 0 Å². The molecule has 1 amide bonds. The van der Waals surface area contributed by atoms with E-state index in [0.717, 1.165) is 29.3 Å². The van der Waals surface area contributed by atoms with Gasteiger partial charge in [-0.1, -0.05) is 18.2 Å². The number of hydrogen-bond acceptors (Lipinski definition) is 6. The number of imidazole rings is 1. The predicted octanol–water partition coefficient (Wildman–Crippen LogP) is 4.56. The predicted molar refractivity (Wildman–Crippen MR) is 129 cm³/mol. The van der Waals surface area contributed by atoms with Crippen LogP contribution in [0.3, 0.4) is 0 Å². The van der Waals surface area contributed by atoms with Gasteiger partial charge in [0.05, 0.1) is 0 Å². The third-order valence-corrected chi connectivity index (χ3v) is 5.91. The van der Waals surface area contributed by atoms with Crippen LogP contribution in [0.2, 0.25) is 0 Å². The molecule has 1 atom stereocenters. The molecule has 0 radical (unpaired) electrons. The Morgan fingerprint density at radius 3 is 2.94 bits per heavy atom. The number of hydrogen-bond donors (Lipinski definition) is 2. The van der Waals surface area contributed by atoms with Crippen molar-refractivity contribution in [2.45, 2.75) is 45.3 Å². The first-order valence-electron chi connectivity index (χ1n) is 11.4. The second-order valence-corrected chi connectivity index (χ2v) is 9.55. The Hall–Kier alpha value is -4.06. The first-order valence-corrected chi connectivity index (χ1v) is 11.4. The lowest BCUT2D eigenvalue weighted by molar-refractivity contribution is 0.0206. The molecule has 0 spiro atoms. The fraction of sp³-hybridized carbons (Fsp3) is 0.360. The fourth-order valence-electron chi connectivity index (χ4n) is 4.43. The molecule has 5 rings (SSSR count). The number of anilines is 1. The highest BCUT2D eigenvalue weighted by molar-refractivity contribution is 5.96. The zero-order valence-electron chi connectivity index (χ0n) is 19.5. The summed E-state index contributed by atoms with van der Waals surface area (Å²) in [4.78, 5) is 26.9. The molecular formula is C25H27N7O2. The van der Waals surface area contributed by atoms with Crippen molar-refractivity contribution in [1.29, 1.82) is 5.26 Å². The number of fused-ring (bicyclic) bond motifs is 2. The standard InChI is InChI=1S/C25H27N7O2/c1-25(2,3)34-24(33)31-11-6-7-16(15-31)29-22-23-27-10-12-32(23)20(13-26)21(30-22)18-14-28-19-9-5-4-8-17(18)19/h4-5,8-10,12,14,16,28H,6-7,11,15H2,1-3H3,(H,29,30)/t16-/m0/s1. The smallest absolute Gasteiger partial charge is 0.410 e. The minimum Gasteiger partial charge on any atom is -0.444 e. The number of nitriles is 1. The molecule has 2 N–H and O–H groups in total. The van der Waals surface area contributed by atoms with Gasteiger partial charge in [-0.2, -0.15) is 5.26 Å². The lowest BCUT2D eigenvalue weighted by atomic mass is 10.1. The van der Waals surface area contributed by atoms with Crippen LogP contribution >= 0.6 is 0 Å². The highest BCUT2D eigenvalue weighted by Gasteiger charge is 2.29. The molecule has 1 aliphatic heterocycles. The number of rotatable bonds is 3. The minimum atomic E-state index is -0.539. The van der Waals surface area contributed by atoms with Crippen molar-refractivity contribution >= 4 is 28.5 Å². The molecule has 9 heteroatoms. The molecule has 1 aliphatic rings. The number of likely N-dealkylation sites (tertiary alicyclic amines) is 1. The monoisotopic (exact) mass is 457 g/mol. The summed E-state index contributed by atoms with van der Waals surface area (Å²) in [5.41, 5.74) is 2.86. The van der Waals surface area contributed by atoms with Crippen molar-refractivity contribution in [3.8, 4) is 17.3 Å². The normalized spacial score (nSPS) is 16.5. The molecule has 4 aromatic rings. The molecule has 0 aliphatic carbocycles. The second-order valence-electron chi connectivity index (χ2n) is 9.55. The summed E-state index contributed by atoms with van der Waals surface area (Å²) in [6.45, 7) is 6.77. The number of piperidine rings is 1.